The molecule has 0 aliphatic carbocycles. The molecule has 1 N–H and O–H groups in total. The van der Waals surface area contributed by atoms with Crippen molar-refractivity contribution in [1.82, 2.24) is 5.32 Å². The Morgan fingerprint density at radius 1 is 1.33 bits per heavy atom. The smallest absolute Gasteiger partial charge is 0.156 e. The third-order valence-electron chi connectivity index (χ3n) is 1.73. The van der Waals surface area contributed by atoms with Gasteiger partial charge in [0.15, 0.2) is 5.75 Å². The highest BCUT2D eigenvalue weighted by Gasteiger charge is 2.05. The van der Waals surface area contributed by atoms with Gasteiger partial charge in [0.05, 0.1) is 10.0 Å². The summed E-state index contributed by atoms with van der Waals surface area (Å²) in [4.78, 5) is 0. The Balaban J connectivity index is 2.40. The minimum absolute atomic E-state index is 0.525. The molecule has 82 valence electrons. The fourth-order valence-corrected chi connectivity index (χ4v) is 1.56. The van der Waals surface area contributed by atoms with Gasteiger partial charge in [0.25, 0.3) is 0 Å². The van der Waals surface area contributed by atoms with Crippen LogP contribution in [-0.2, 0) is 0 Å². The molecule has 0 saturated carbocycles. The van der Waals surface area contributed by atoms with Crippen LogP contribution in [0.25, 0.3) is 0 Å². The highest BCUT2D eigenvalue weighted by Crippen LogP contribution is 2.31. The van der Waals surface area contributed by atoms with E-state index in [4.69, 9.17) is 27.9 Å². The average Bonchev–Trinajstić information content (AvgIpc) is 2.21. The number of benzene rings is 1. The number of hydrogen-bond acceptors (Lipinski definition) is 2. The fraction of sp³-hybridized carbons (Fsp3) is 0.273. The van der Waals surface area contributed by atoms with Crippen molar-refractivity contribution in [2.75, 3.05) is 19.7 Å². The quantitative estimate of drug-likeness (QED) is 0.615. The number of hydrogen-bond donors (Lipinski definition) is 1. The summed E-state index contributed by atoms with van der Waals surface area (Å²) in [6.07, 6.45) is 1.79. The van der Waals surface area contributed by atoms with E-state index in [-0.39, 0.29) is 0 Å². The maximum absolute atomic E-state index is 5.92. The van der Waals surface area contributed by atoms with Crippen LogP contribution in [0.4, 0.5) is 0 Å². The van der Waals surface area contributed by atoms with Gasteiger partial charge in [-0.15, -0.1) is 6.58 Å². The first-order chi connectivity index (χ1) is 7.25. The molecule has 0 saturated heterocycles. The second kappa shape index (κ2) is 6.72. The van der Waals surface area contributed by atoms with Crippen molar-refractivity contribution in [1.29, 1.82) is 0 Å². The van der Waals surface area contributed by atoms with Crippen LogP contribution in [-0.4, -0.2) is 19.7 Å². The Kier molecular flexibility index (Phi) is 5.54. The summed E-state index contributed by atoms with van der Waals surface area (Å²) in [7, 11) is 0. The third kappa shape index (κ3) is 4.12. The van der Waals surface area contributed by atoms with E-state index in [0.717, 1.165) is 13.1 Å². The summed E-state index contributed by atoms with van der Waals surface area (Å²) in [5.74, 6) is 0.543. The van der Waals surface area contributed by atoms with Gasteiger partial charge >= 0.3 is 0 Å². The van der Waals surface area contributed by atoms with Crippen molar-refractivity contribution in [3.05, 3.63) is 40.9 Å². The first-order valence-corrected chi connectivity index (χ1v) is 5.39. The zero-order valence-corrected chi connectivity index (χ0v) is 9.81. The van der Waals surface area contributed by atoms with Gasteiger partial charge in [0.1, 0.15) is 6.61 Å². The Morgan fingerprint density at radius 2 is 2.00 bits per heavy atom. The molecule has 0 bridgehead atoms. The maximum Gasteiger partial charge on any atom is 0.156 e. The van der Waals surface area contributed by atoms with Crippen molar-refractivity contribution in [2.45, 2.75) is 0 Å². The molecule has 1 aromatic rings. The molecule has 0 atom stereocenters. The SMILES string of the molecule is C=CCNCCOc1c(Cl)cccc1Cl. The first kappa shape index (κ1) is 12.4. The van der Waals surface area contributed by atoms with Crippen LogP contribution in [0.2, 0.25) is 10.0 Å². The van der Waals surface area contributed by atoms with Crippen LogP contribution < -0.4 is 10.1 Å². The van der Waals surface area contributed by atoms with Gasteiger partial charge in [0.2, 0.25) is 0 Å². The normalized spacial score (nSPS) is 10.0. The molecular weight excluding hydrogens is 233 g/mol. The topological polar surface area (TPSA) is 21.3 Å². The Morgan fingerprint density at radius 3 is 2.60 bits per heavy atom. The minimum atomic E-state index is 0.525. The summed E-state index contributed by atoms with van der Waals surface area (Å²) in [5, 5.41) is 4.18. The summed E-state index contributed by atoms with van der Waals surface area (Å²) < 4.78 is 5.45. The van der Waals surface area contributed by atoms with E-state index in [9.17, 15) is 0 Å². The monoisotopic (exact) mass is 245 g/mol. The van der Waals surface area contributed by atoms with Crippen LogP contribution in [0.5, 0.6) is 5.75 Å². The van der Waals surface area contributed by atoms with E-state index < -0.39 is 0 Å². The summed E-state index contributed by atoms with van der Waals surface area (Å²) in [5.41, 5.74) is 0. The van der Waals surface area contributed by atoms with Crippen molar-refractivity contribution in [2.24, 2.45) is 0 Å². The summed E-state index contributed by atoms with van der Waals surface area (Å²) in [6.45, 7) is 5.62. The van der Waals surface area contributed by atoms with Gasteiger partial charge in [0, 0.05) is 13.1 Å². The largest absolute Gasteiger partial charge is 0.489 e. The lowest BCUT2D eigenvalue weighted by Gasteiger charge is -2.09. The number of nitrogens with one attached hydrogen (secondary N) is 1. The fourth-order valence-electron chi connectivity index (χ4n) is 1.05. The lowest BCUT2D eigenvalue weighted by atomic mass is 10.3. The Labute approximate surface area is 99.8 Å². The van der Waals surface area contributed by atoms with E-state index in [1.165, 1.54) is 0 Å². The molecule has 0 heterocycles. The number of ether oxygens (including phenoxy) is 1. The van der Waals surface area contributed by atoms with Gasteiger partial charge in [-0.25, -0.2) is 0 Å². The average molecular weight is 246 g/mol. The summed E-state index contributed by atoms with van der Waals surface area (Å²) >= 11 is 11.8. The number of rotatable bonds is 6. The van der Waals surface area contributed by atoms with Crippen molar-refractivity contribution in [3.63, 3.8) is 0 Å². The molecule has 0 radical (unpaired) electrons. The molecule has 0 aliphatic heterocycles. The zero-order valence-electron chi connectivity index (χ0n) is 8.30. The second-order valence-corrected chi connectivity index (χ2v) is 3.71. The van der Waals surface area contributed by atoms with Gasteiger partial charge in [-0.05, 0) is 12.1 Å². The minimum Gasteiger partial charge on any atom is -0.489 e. The van der Waals surface area contributed by atoms with Crippen LogP contribution in [0.1, 0.15) is 0 Å². The highest BCUT2D eigenvalue weighted by atomic mass is 35.5. The summed E-state index contributed by atoms with van der Waals surface area (Å²) in [6, 6.07) is 5.29. The van der Waals surface area contributed by atoms with E-state index in [0.29, 0.717) is 22.4 Å². The lowest BCUT2D eigenvalue weighted by Crippen LogP contribution is -2.20. The van der Waals surface area contributed by atoms with E-state index in [1.807, 2.05) is 0 Å². The van der Waals surface area contributed by atoms with Gasteiger partial charge < -0.3 is 10.1 Å². The first-order valence-electron chi connectivity index (χ1n) is 4.64. The molecule has 0 unspecified atom stereocenters. The molecule has 4 heteroatoms. The molecule has 15 heavy (non-hydrogen) atoms. The molecule has 0 aliphatic rings. The highest BCUT2D eigenvalue weighted by molar-refractivity contribution is 6.37. The van der Waals surface area contributed by atoms with Crippen molar-refractivity contribution in [3.8, 4) is 5.75 Å². The molecule has 0 spiro atoms. The number of halogens is 2. The standard InChI is InChI=1S/C11H13Cl2NO/c1-2-6-14-7-8-15-11-9(12)4-3-5-10(11)13/h2-5,14H,1,6-8H2. The molecule has 0 amide bonds. The van der Waals surface area contributed by atoms with E-state index >= 15 is 0 Å². The van der Waals surface area contributed by atoms with E-state index in [2.05, 4.69) is 11.9 Å². The predicted octanol–water partition coefficient (Wildman–Crippen LogP) is 3.15. The van der Waals surface area contributed by atoms with Gasteiger partial charge in [-0.2, -0.15) is 0 Å². The Bertz CT molecular complexity index is 308. The van der Waals surface area contributed by atoms with E-state index in [1.54, 1.807) is 24.3 Å². The van der Waals surface area contributed by atoms with Crippen LogP contribution in [0, 0.1) is 0 Å². The third-order valence-corrected chi connectivity index (χ3v) is 2.33. The molecule has 2 nitrogen and oxygen atoms in total. The molecule has 0 aromatic heterocycles. The van der Waals surface area contributed by atoms with Crippen molar-refractivity contribution >= 4 is 23.2 Å². The molecular formula is C11H13Cl2NO. The van der Waals surface area contributed by atoms with Crippen LogP contribution in [0.3, 0.4) is 0 Å². The van der Waals surface area contributed by atoms with Crippen molar-refractivity contribution < 1.29 is 4.74 Å². The molecule has 0 fully saturated rings. The van der Waals surface area contributed by atoms with Crippen LogP contribution in [0.15, 0.2) is 30.9 Å². The zero-order chi connectivity index (χ0) is 11.1. The second-order valence-electron chi connectivity index (χ2n) is 2.89. The van der Waals surface area contributed by atoms with Gasteiger partial charge in [-0.1, -0.05) is 35.3 Å². The van der Waals surface area contributed by atoms with Crippen LogP contribution >= 0.6 is 23.2 Å². The molecule has 1 rings (SSSR count). The van der Waals surface area contributed by atoms with Gasteiger partial charge in [-0.3, -0.25) is 0 Å². The predicted molar refractivity (Wildman–Crippen MR) is 65.0 cm³/mol. The molecule has 1 aromatic carbocycles. The Hall–Kier alpha value is -0.700. The maximum atomic E-state index is 5.92. The lowest BCUT2D eigenvalue weighted by molar-refractivity contribution is 0.317. The number of para-hydroxylation sites is 1.